The summed E-state index contributed by atoms with van der Waals surface area (Å²) in [4.78, 5) is 9.00. The zero-order valence-electron chi connectivity index (χ0n) is 16.0. The summed E-state index contributed by atoms with van der Waals surface area (Å²) in [7, 11) is 2.22. The second kappa shape index (κ2) is 6.67. The third-order valence-corrected chi connectivity index (χ3v) is 6.17. The van der Waals surface area contributed by atoms with Gasteiger partial charge in [-0.15, -0.1) is 0 Å². The largest absolute Gasteiger partial charge is 0.384 e. The first-order valence-corrected chi connectivity index (χ1v) is 9.64. The summed E-state index contributed by atoms with van der Waals surface area (Å²) in [6.07, 6.45) is 5.84. The van der Waals surface area contributed by atoms with E-state index in [4.69, 9.17) is 0 Å². The maximum Gasteiger partial charge on any atom is 0.104 e. The highest BCUT2D eigenvalue weighted by Gasteiger charge is 2.42. The van der Waals surface area contributed by atoms with E-state index in [1.54, 1.807) is 12.4 Å². The number of aryl methyl sites for hydroxylation is 1. The number of hydrogen-bond donors (Lipinski definition) is 1. The molecule has 2 aliphatic heterocycles. The van der Waals surface area contributed by atoms with Crippen molar-refractivity contribution in [1.82, 2.24) is 9.88 Å². The lowest BCUT2D eigenvalue weighted by Gasteiger charge is -2.36. The van der Waals surface area contributed by atoms with E-state index in [1.165, 1.54) is 23.2 Å². The standard InChI is InChI=1S/C22H29N3O/c1-16-4-5-20-19(14-16)18-8-12-24(3)13-9-21(18)25(20)15-22(2,26)17-6-10-23-11-7-17/h4-7,10-11,14,18,21,26H,8-9,12-13,15H2,1-3H3. The molecular weight excluding hydrogens is 322 g/mol. The molecule has 138 valence electrons. The van der Waals surface area contributed by atoms with Gasteiger partial charge in [0, 0.05) is 30.0 Å². The van der Waals surface area contributed by atoms with Crippen LogP contribution in [0, 0.1) is 6.92 Å². The molecule has 3 heterocycles. The van der Waals surface area contributed by atoms with Gasteiger partial charge in [0.15, 0.2) is 0 Å². The van der Waals surface area contributed by atoms with Crippen LogP contribution in [0.15, 0.2) is 42.7 Å². The number of nitrogens with zero attached hydrogens (tertiary/aromatic N) is 3. The summed E-state index contributed by atoms with van der Waals surface area (Å²) in [5.41, 5.74) is 4.12. The van der Waals surface area contributed by atoms with Crippen LogP contribution < -0.4 is 4.90 Å². The Morgan fingerprint density at radius 2 is 1.88 bits per heavy atom. The van der Waals surface area contributed by atoms with Crippen molar-refractivity contribution in [2.45, 2.75) is 44.2 Å². The minimum absolute atomic E-state index is 0.463. The molecule has 1 fully saturated rings. The van der Waals surface area contributed by atoms with Gasteiger partial charge >= 0.3 is 0 Å². The highest BCUT2D eigenvalue weighted by atomic mass is 16.3. The molecule has 1 aromatic heterocycles. The third kappa shape index (κ3) is 3.12. The van der Waals surface area contributed by atoms with Crippen molar-refractivity contribution in [1.29, 1.82) is 0 Å². The summed E-state index contributed by atoms with van der Waals surface area (Å²) in [6.45, 7) is 6.96. The Labute approximate surface area is 156 Å². The van der Waals surface area contributed by atoms with Gasteiger partial charge in [-0.3, -0.25) is 4.98 Å². The van der Waals surface area contributed by atoms with Crippen LogP contribution in [-0.4, -0.2) is 47.7 Å². The Kier molecular flexibility index (Phi) is 4.49. The number of rotatable bonds is 3. The first-order chi connectivity index (χ1) is 12.5. The van der Waals surface area contributed by atoms with E-state index in [0.717, 1.165) is 25.1 Å². The predicted molar refractivity (Wildman–Crippen MR) is 106 cm³/mol. The van der Waals surface area contributed by atoms with Crippen LogP contribution in [0.4, 0.5) is 5.69 Å². The van der Waals surface area contributed by atoms with E-state index in [2.05, 4.69) is 47.0 Å². The molecule has 2 aliphatic rings. The van der Waals surface area contributed by atoms with Gasteiger partial charge in [-0.25, -0.2) is 0 Å². The molecular formula is C22H29N3O. The van der Waals surface area contributed by atoms with Gasteiger partial charge in [0.25, 0.3) is 0 Å². The van der Waals surface area contributed by atoms with Gasteiger partial charge in [0.1, 0.15) is 5.60 Å². The van der Waals surface area contributed by atoms with Crippen LogP contribution in [-0.2, 0) is 5.60 Å². The number of aromatic nitrogens is 1. The Bertz CT molecular complexity index is 774. The molecule has 1 saturated heterocycles. The summed E-state index contributed by atoms with van der Waals surface area (Å²) in [6, 6.07) is 11.1. The van der Waals surface area contributed by atoms with E-state index < -0.39 is 5.60 Å². The summed E-state index contributed by atoms with van der Waals surface area (Å²) >= 11 is 0. The molecule has 4 heteroatoms. The molecule has 1 N–H and O–H groups in total. The minimum atomic E-state index is -0.905. The van der Waals surface area contributed by atoms with E-state index >= 15 is 0 Å². The molecule has 0 saturated carbocycles. The normalized spacial score (nSPS) is 25.3. The molecule has 3 atom stereocenters. The van der Waals surface area contributed by atoms with E-state index in [-0.39, 0.29) is 0 Å². The number of aliphatic hydroxyl groups is 1. The maximum atomic E-state index is 11.3. The van der Waals surface area contributed by atoms with Crippen molar-refractivity contribution in [3.8, 4) is 0 Å². The van der Waals surface area contributed by atoms with Crippen molar-refractivity contribution >= 4 is 5.69 Å². The number of hydrogen-bond acceptors (Lipinski definition) is 4. The lowest BCUT2D eigenvalue weighted by molar-refractivity contribution is 0.0622. The fraction of sp³-hybridized carbons (Fsp3) is 0.500. The molecule has 1 aromatic carbocycles. The molecule has 0 amide bonds. The van der Waals surface area contributed by atoms with Crippen molar-refractivity contribution in [2.24, 2.45) is 0 Å². The molecule has 26 heavy (non-hydrogen) atoms. The average Bonchev–Trinajstić information content (AvgIpc) is 2.76. The fourth-order valence-electron chi connectivity index (χ4n) is 4.70. The van der Waals surface area contributed by atoms with Gasteiger partial charge < -0.3 is 14.9 Å². The number of β-amino-alcohol motifs (C(OH)–C–C–N with tert-alkyl or cyclic N) is 1. The van der Waals surface area contributed by atoms with Crippen LogP contribution in [0.3, 0.4) is 0 Å². The lowest BCUT2D eigenvalue weighted by Crippen LogP contribution is -2.44. The number of fused-ring (bicyclic) bond motifs is 3. The Morgan fingerprint density at radius 1 is 1.15 bits per heavy atom. The topological polar surface area (TPSA) is 39.6 Å². The molecule has 0 radical (unpaired) electrons. The molecule has 0 bridgehead atoms. The Balaban J connectivity index is 1.70. The second-order valence-electron chi connectivity index (χ2n) is 8.25. The molecule has 3 unspecified atom stereocenters. The highest BCUT2D eigenvalue weighted by Crippen LogP contribution is 2.46. The highest BCUT2D eigenvalue weighted by molar-refractivity contribution is 5.63. The van der Waals surface area contributed by atoms with Crippen LogP contribution in [0.2, 0.25) is 0 Å². The SMILES string of the molecule is Cc1ccc2c(c1)C1CCN(C)CCC1N2CC(C)(O)c1ccncc1. The summed E-state index contributed by atoms with van der Waals surface area (Å²) in [5.74, 6) is 0.558. The Hall–Kier alpha value is -1.91. The van der Waals surface area contributed by atoms with Crippen LogP contribution in [0.25, 0.3) is 0 Å². The van der Waals surface area contributed by atoms with Crippen molar-refractivity contribution in [2.75, 3.05) is 31.6 Å². The molecule has 4 rings (SSSR count). The Morgan fingerprint density at radius 3 is 2.65 bits per heavy atom. The number of benzene rings is 1. The molecule has 2 aromatic rings. The van der Waals surface area contributed by atoms with E-state index in [0.29, 0.717) is 18.5 Å². The monoisotopic (exact) mass is 351 g/mol. The minimum Gasteiger partial charge on any atom is -0.384 e. The van der Waals surface area contributed by atoms with Crippen molar-refractivity contribution in [3.63, 3.8) is 0 Å². The number of likely N-dealkylation sites (tertiary alicyclic amines) is 1. The first-order valence-electron chi connectivity index (χ1n) is 9.64. The van der Waals surface area contributed by atoms with E-state index in [9.17, 15) is 5.11 Å². The maximum absolute atomic E-state index is 11.3. The third-order valence-electron chi connectivity index (χ3n) is 6.17. The van der Waals surface area contributed by atoms with Crippen molar-refractivity contribution < 1.29 is 5.11 Å². The fourth-order valence-corrected chi connectivity index (χ4v) is 4.70. The number of anilines is 1. The zero-order chi connectivity index (χ0) is 18.3. The van der Waals surface area contributed by atoms with Gasteiger partial charge in [-0.1, -0.05) is 17.7 Å². The second-order valence-corrected chi connectivity index (χ2v) is 8.25. The van der Waals surface area contributed by atoms with Crippen LogP contribution in [0.1, 0.15) is 42.4 Å². The zero-order valence-corrected chi connectivity index (χ0v) is 16.0. The predicted octanol–water partition coefficient (Wildman–Crippen LogP) is 3.30. The van der Waals surface area contributed by atoms with Gasteiger partial charge in [-0.2, -0.15) is 0 Å². The summed E-state index contributed by atoms with van der Waals surface area (Å²) in [5, 5.41) is 11.3. The summed E-state index contributed by atoms with van der Waals surface area (Å²) < 4.78 is 0. The van der Waals surface area contributed by atoms with Gasteiger partial charge in [-0.05, 0) is 76.2 Å². The van der Waals surface area contributed by atoms with E-state index in [1.807, 2.05) is 19.1 Å². The smallest absolute Gasteiger partial charge is 0.104 e. The lowest BCUT2D eigenvalue weighted by atomic mass is 9.90. The quantitative estimate of drug-likeness (QED) is 0.921. The molecule has 0 spiro atoms. The molecule has 4 nitrogen and oxygen atoms in total. The molecule has 0 aliphatic carbocycles. The van der Waals surface area contributed by atoms with Gasteiger partial charge in [0.2, 0.25) is 0 Å². The average molecular weight is 351 g/mol. The number of pyridine rings is 1. The van der Waals surface area contributed by atoms with Gasteiger partial charge in [0.05, 0.1) is 6.54 Å². The van der Waals surface area contributed by atoms with Crippen molar-refractivity contribution in [3.05, 3.63) is 59.4 Å². The van der Waals surface area contributed by atoms with Crippen LogP contribution >= 0.6 is 0 Å². The van der Waals surface area contributed by atoms with Crippen LogP contribution in [0.5, 0.6) is 0 Å². The first kappa shape index (κ1) is 17.5.